The number of nitrogens with zero attached hydrogens (tertiary/aromatic N) is 2. The Morgan fingerprint density at radius 1 is 1.41 bits per heavy atom. The van der Waals surface area contributed by atoms with E-state index in [9.17, 15) is 13.2 Å². The zero-order valence-electron chi connectivity index (χ0n) is 9.30. The Morgan fingerprint density at radius 3 is 2.65 bits per heavy atom. The van der Waals surface area contributed by atoms with Crippen LogP contribution in [0.5, 0.6) is 0 Å². The number of aromatic nitrogens is 3. The molecular weight excluding hydrogens is 233 g/mol. The van der Waals surface area contributed by atoms with Gasteiger partial charge in [-0.15, -0.1) is 0 Å². The SMILES string of the molecule is NCCC(Cc1nc(C2CC2)n[nH]1)C(F)(F)F. The molecule has 0 spiro atoms. The Morgan fingerprint density at radius 2 is 2.12 bits per heavy atom. The van der Waals surface area contributed by atoms with E-state index in [1.807, 2.05) is 0 Å². The first-order valence-corrected chi connectivity index (χ1v) is 5.68. The molecule has 1 unspecified atom stereocenters. The average molecular weight is 248 g/mol. The maximum Gasteiger partial charge on any atom is 0.392 e. The molecule has 0 bridgehead atoms. The lowest BCUT2D eigenvalue weighted by Crippen LogP contribution is -2.27. The first-order chi connectivity index (χ1) is 8.00. The summed E-state index contributed by atoms with van der Waals surface area (Å²) < 4.78 is 38.0. The highest BCUT2D eigenvalue weighted by Gasteiger charge is 2.39. The summed E-state index contributed by atoms with van der Waals surface area (Å²) in [4.78, 5) is 4.10. The molecule has 0 aromatic carbocycles. The van der Waals surface area contributed by atoms with E-state index in [2.05, 4.69) is 15.2 Å². The van der Waals surface area contributed by atoms with Gasteiger partial charge < -0.3 is 5.73 Å². The molecule has 1 heterocycles. The summed E-state index contributed by atoms with van der Waals surface area (Å²) >= 11 is 0. The van der Waals surface area contributed by atoms with Crippen molar-refractivity contribution >= 4 is 0 Å². The molecule has 0 saturated heterocycles. The van der Waals surface area contributed by atoms with Gasteiger partial charge in [-0.05, 0) is 25.8 Å². The number of nitrogens with one attached hydrogen (secondary N) is 1. The summed E-state index contributed by atoms with van der Waals surface area (Å²) in [6.45, 7) is 0.0216. The van der Waals surface area contributed by atoms with Crippen molar-refractivity contribution in [1.82, 2.24) is 15.2 Å². The lowest BCUT2D eigenvalue weighted by atomic mass is 10.0. The number of nitrogens with two attached hydrogens (primary N) is 1. The molecule has 1 aromatic rings. The highest BCUT2D eigenvalue weighted by Crippen LogP contribution is 2.38. The molecule has 1 aliphatic rings. The molecule has 0 radical (unpaired) electrons. The predicted molar refractivity (Wildman–Crippen MR) is 55.3 cm³/mol. The van der Waals surface area contributed by atoms with Crippen LogP contribution in [0, 0.1) is 5.92 Å². The van der Waals surface area contributed by atoms with Crippen molar-refractivity contribution in [1.29, 1.82) is 0 Å². The van der Waals surface area contributed by atoms with E-state index in [0.29, 0.717) is 17.6 Å². The van der Waals surface area contributed by atoms with E-state index < -0.39 is 12.1 Å². The first kappa shape index (κ1) is 12.3. The van der Waals surface area contributed by atoms with Gasteiger partial charge >= 0.3 is 6.18 Å². The van der Waals surface area contributed by atoms with Crippen LogP contribution >= 0.6 is 0 Å². The van der Waals surface area contributed by atoms with Crippen LogP contribution in [0.15, 0.2) is 0 Å². The molecular formula is C10H15F3N4. The largest absolute Gasteiger partial charge is 0.392 e. The van der Waals surface area contributed by atoms with Gasteiger partial charge in [-0.1, -0.05) is 0 Å². The molecule has 96 valence electrons. The van der Waals surface area contributed by atoms with Crippen molar-refractivity contribution in [3.63, 3.8) is 0 Å². The smallest absolute Gasteiger partial charge is 0.330 e. The highest BCUT2D eigenvalue weighted by molar-refractivity contribution is 5.05. The van der Waals surface area contributed by atoms with Crippen molar-refractivity contribution < 1.29 is 13.2 Å². The normalized spacial score (nSPS) is 18.4. The fourth-order valence-electron chi connectivity index (χ4n) is 1.74. The van der Waals surface area contributed by atoms with Crippen molar-refractivity contribution in [2.75, 3.05) is 6.54 Å². The monoisotopic (exact) mass is 248 g/mol. The fraction of sp³-hybridized carbons (Fsp3) is 0.800. The second-order valence-corrected chi connectivity index (χ2v) is 4.43. The van der Waals surface area contributed by atoms with Gasteiger partial charge in [-0.2, -0.15) is 18.3 Å². The van der Waals surface area contributed by atoms with E-state index in [0.717, 1.165) is 12.8 Å². The average Bonchev–Trinajstić information content (AvgIpc) is 2.98. The third-order valence-electron chi connectivity index (χ3n) is 2.91. The second-order valence-electron chi connectivity index (χ2n) is 4.43. The van der Waals surface area contributed by atoms with E-state index >= 15 is 0 Å². The molecule has 1 aliphatic carbocycles. The summed E-state index contributed by atoms with van der Waals surface area (Å²) in [6, 6.07) is 0. The maximum absolute atomic E-state index is 12.7. The van der Waals surface area contributed by atoms with Gasteiger partial charge in [0.05, 0.1) is 5.92 Å². The minimum Gasteiger partial charge on any atom is -0.330 e. The van der Waals surface area contributed by atoms with Gasteiger partial charge in [0.2, 0.25) is 0 Å². The molecule has 0 aliphatic heterocycles. The van der Waals surface area contributed by atoms with Crippen LogP contribution in [-0.2, 0) is 6.42 Å². The zero-order chi connectivity index (χ0) is 12.5. The third kappa shape index (κ3) is 3.18. The van der Waals surface area contributed by atoms with Gasteiger partial charge in [0, 0.05) is 12.3 Å². The standard InChI is InChI=1S/C10H15F3N4/c11-10(12,13)7(3-4-14)5-8-15-9(17-16-8)6-1-2-6/h6-7H,1-5,14H2,(H,15,16,17). The molecule has 0 amide bonds. The predicted octanol–water partition coefficient (Wildman–Crippen LogP) is 1.75. The molecule has 2 rings (SSSR count). The van der Waals surface area contributed by atoms with Crippen LogP contribution in [0.3, 0.4) is 0 Å². The molecule has 1 atom stereocenters. The summed E-state index contributed by atoms with van der Waals surface area (Å²) in [5, 5.41) is 6.52. The number of hydrogen-bond acceptors (Lipinski definition) is 3. The molecule has 1 saturated carbocycles. The number of hydrogen-bond donors (Lipinski definition) is 2. The van der Waals surface area contributed by atoms with Crippen molar-refractivity contribution in [3.8, 4) is 0 Å². The summed E-state index contributed by atoms with van der Waals surface area (Å²) in [7, 11) is 0. The summed E-state index contributed by atoms with van der Waals surface area (Å²) in [6.07, 6.45) is -2.42. The quantitative estimate of drug-likeness (QED) is 0.834. The van der Waals surface area contributed by atoms with Crippen LogP contribution in [0.1, 0.15) is 36.8 Å². The van der Waals surface area contributed by atoms with Crippen LogP contribution in [-0.4, -0.2) is 27.9 Å². The number of rotatable bonds is 5. The molecule has 17 heavy (non-hydrogen) atoms. The van der Waals surface area contributed by atoms with Crippen LogP contribution in [0.4, 0.5) is 13.2 Å². The van der Waals surface area contributed by atoms with Crippen LogP contribution in [0.25, 0.3) is 0 Å². The van der Waals surface area contributed by atoms with Crippen LogP contribution in [0.2, 0.25) is 0 Å². The van der Waals surface area contributed by atoms with Gasteiger partial charge in [0.1, 0.15) is 5.82 Å². The third-order valence-corrected chi connectivity index (χ3v) is 2.91. The summed E-state index contributed by atoms with van der Waals surface area (Å²) in [5.74, 6) is -0.136. The molecule has 4 nitrogen and oxygen atoms in total. The Bertz CT molecular complexity index is 370. The lowest BCUT2D eigenvalue weighted by Gasteiger charge is -2.17. The number of H-pyrrole nitrogens is 1. The number of aromatic amines is 1. The van der Waals surface area contributed by atoms with Gasteiger partial charge in [-0.25, -0.2) is 4.98 Å². The van der Waals surface area contributed by atoms with Gasteiger partial charge in [0.25, 0.3) is 0 Å². The van der Waals surface area contributed by atoms with E-state index in [-0.39, 0.29) is 19.4 Å². The van der Waals surface area contributed by atoms with Crippen molar-refractivity contribution in [2.45, 2.75) is 37.8 Å². The second kappa shape index (κ2) is 4.64. The Hall–Kier alpha value is -1.11. The highest BCUT2D eigenvalue weighted by atomic mass is 19.4. The fourth-order valence-corrected chi connectivity index (χ4v) is 1.74. The summed E-state index contributed by atoms with van der Waals surface area (Å²) in [5.41, 5.74) is 5.20. The Balaban J connectivity index is 2.00. The number of alkyl halides is 3. The minimum absolute atomic E-state index is 0.0216. The Labute approximate surface area is 96.8 Å². The molecule has 1 fully saturated rings. The Kier molecular flexibility index (Phi) is 3.37. The first-order valence-electron chi connectivity index (χ1n) is 5.68. The van der Waals surface area contributed by atoms with Crippen molar-refractivity contribution in [3.05, 3.63) is 11.6 Å². The van der Waals surface area contributed by atoms with Gasteiger partial charge in [-0.3, -0.25) is 5.10 Å². The molecule has 3 N–H and O–H groups in total. The number of halogens is 3. The molecule has 7 heteroatoms. The van der Waals surface area contributed by atoms with E-state index in [1.54, 1.807) is 0 Å². The minimum atomic E-state index is -4.23. The van der Waals surface area contributed by atoms with Gasteiger partial charge in [0.15, 0.2) is 5.82 Å². The maximum atomic E-state index is 12.7. The van der Waals surface area contributed by atoms with Crippen molar-refractivity contribution in [2.24, 2.45) is 11.7 Å². The van der Waals surface area contributed by atoms with E-state index in [4.69, 9.17) is 5.73 Å². The lowest BCUT2D eigenvalue weighted by molar-refractivity contribution is -0.175. The molecule has 1 aromatic heterocycles. The zero-order valence-corrected chi connectivity index (χ0v) is 9.30. The topological polar surface area (TPSA) is 67.6 Å². The van der Waals surface area contributed by atoms with E-state index in [1.165, 1.54) is 0 Å². The van der Waals surface area contributed by atoms with Crippen LogP contribution < -0.4 is 5.73 Å².